The first-order chi connectivity index (χ1) is 12.6. The molecule has 0 radical (unpaired) electrons. The summed E-state index contributed by atoms with van der Waals surface area (Å²) >= 11 is 0. The molecule has 0 amide bonds. The van der Waals surface area contributed by atoms with Gasteiger partial charge in [0.15, 0.2) is 8.32 Å². The number of benzene rings is 1. The van der Waals surface area contributed by atoms with Crippen molar-refractivity contribution in [2.75, 3.05) is 7.11 Å². The van der Waals surface area contributed by atoms with Gasteiger partial charge in [-0.3, -0.25) is 0 Å². The Morgan fingerprint density at radius 2 is 1.85 bits per heavy atom. The van der Waals surface area contributed by atoms with E-state index in [-0.39, 0.29) is 29.5 Å². The van der Waals surface area contributed by atoms with Gasteiger partial charge < -0.3 is 18.6 Å². The molecule has 0 aliphatic carbocycles. The average Bonchev–Trinajstić information content (AvgIpc) is 3.33. The third-order valence-corrected chi connectivity index (χ3v) is 10.1. The minimum absolute atomic E-state index is 0.0429. The summed E-state index contributed by atoms with van der Waals surface area (Å²) in [6.07, 6.45) is 6.41. The van der Waals surface area contributed by atoms with Crippen LogP contribution < -0.4 is 4.74 Å². The molecule has 2 rings (SSSR count). The van der Waals surface area contributed by atoms with E-state index in [2.05, 4.69) is 46.7 Å². The van der Waals surface area contributed by atoms with E-state index in [0.29, 0.717) is 6.61 Å². The zero-order valence-corrected chi connectivity index (χ0v) is 18.7. The van der Waals surface area contributed by atoms with Gasteiger partial charge in [0.2, 0.25) is 0 Å². The van der Waals surface area contributed by atoms with Crippen molar-refractivity contribution in [3.8, 4) is 18.1 Å². The first kappa shape index (κ1) is 22.0. The van der Waals surface area contributed by atoms with E-state index < -0.39 is 8.32 Å². The lowest BCUT2D eigenvalue weighted by molar-refractivity contribution is 0.0587. The molecule has 4 atom stereocenters. The van der Waals surface area contributed by atoms with Gasteiger partial charge in [-0.2, -0.15) is 0 Å². The molecule has 0 aromatic heterocycles. The summed E-state index contributed by atoms with van der Waals surface area (Å²) in [5, 5.41) is 0.202. The number of hydrogen-bond donors (Lipinski definition) is 0. The van der Waals surface area contributed by atoms with Gasteiger partial charge in [0.1, 0.15) is 18.0 Å². The molecule has 4 nitrogen and oxygen atoms in total. The van der Waals surface area contributed by atoms with Crippen molar-refractivity contribution in [2.45, 2.75) is 83.3 Å². The predicted molar refractivity (Wildman–Crippen MR) is 111 cm³/mol. The molecule has 1 aromatic rings. The summed E-state index contributed by atoms with van der Waals surface area (Å²) in [5.74, 6) is 3.56. The van der Waals surface area contributed by atoms with Gasteiger partial charge >= 0.3 is 0 Å². The van der Waals surface area contributed by atoms with Crippen LogP contribution in [0.25, 0.3) is 0 Å². The minimum atomic E-state index is -1.77. The van der Waals surface area contributed by atoms with E-state index in [1.165, 1.54) is 0 Å². The molecule has 0 N–H and O–H groups in total. The van der Waals surface area contributed by atoms with Crippen molar-refractivity contribution >= 4 is 8.32 Å². The highest BCUT2D eigenvalue weighted by atomic mass is 28.4. The molecule has 0 spiro atoms. The second-order valence-electron chi connectivity index (χ2n) is 8.81. The number of hydrogen-bond acceptors (Lipinski definition) is 4. The quantitative estimate of drug-likeness (QED) is 0.346. The highest BCUT2D eigenvalue weighted by Crippen LogP contribution is 2.39. The number of methoxy groups -OCH3 is 1. The van der Waals surface area contributed by atoms with E-state index in [9.17, 15) is 0 Å². The number of ether oxygens (including phenoxy) is 3. The van der Waals surface area contributed by atoms with Crippen molar-refractivity contribution in [3.05, 3.63) is 29.8 Å². The molecule has 1 heterocycles. The van der Waals surface area contributed by atoms with Crippen LogP contribution in [0, 0.1) is 12.3 Å². The van der Waals surface area contributed by atoms with E-state index in [0.717, 1.165) is 17.7 Å². The summed E-state index contributed by atoms with van der Waals surface area (Å²) in [4.78, 5) is 0. The Morgan fingerprint density at radius 1 is 1.22 bits per heavy atom. The zero-order valence-electron chi connectivity index (χ0n) is 17.7. The fraction of sp³-hybridized carbons (Fsp3) is 0.636. The summed E-state index contributed by atoms with van der Waals surface area (Å²) < 4.78 is 23.3. The molecular formula is C22H34O4Si. The number of terminal acetylenes is 1. The van der Waals surface area contributed by atoms with Crippen LogP contribution in [0.15, 0.2) is 24.3 Å². The Hall–Kier alpha value is -1.32. The van der Waals surface area contributed by atoms with Crippen molar-refractivity contribution in [2.24, 2.45) is 0 Å². The van der Waals surface area contributed by atoms with Crippen LogP contribution in [0.2, 0.25) is 18.1 Å². The first-order valence-corrected chi connectivity index (χ1v) is 12.5. The maximum Gasteiger partial charge on any atom is 0.192 e. The highest BCUT2D eigenvalue weighted by Gasteiger charge is 2.47. The van der Waals surface area contributed by atoms with E-state index in [1.807, 2.05) is 24.3 Å². The molecule has 1 aromatic carbocycles. The second kappa shape index (κ2) is 8.79. The second-order valence-corrected chi connectivity index (χ2v) is 13.6. The average molecular weight is 391 g/mol. The fourth-order valence-electron chi connectivity index (χ4n) is 2.81. The predicted octanol–water partition coefficient (Wildman–Crippen LogP) is 4.78. The van der Waals surface area contributed by atoms with Crippen molar-refractivity contribution in [3.63, 3.8) is 0 Å². The molecule has 1 unspecified atom stereocenters. The Kier molecular flexibility index (Phi) is 7.15. The molecule has 0 bridgehead atoms. The summed E-state index contributed by atoms with van der Waals surface area (Å²) in [6.45, 7) is 13.9. The maximum atomic E-state index is 6.42. The summed E-state index contributed by atoms with van der Waals surface area (Å²) in [5.41, 5.74) is 1.06. The van der Waals surface area contributed by atoms with Crippen molar-refractivity contribution in [1.82, 2.24) is 0 Å². The Labute approximate surface area is 165 Å². The summed E-state index contributed by atoms with van der Waals surface area (Å²) in [7, 11) is -0.116. The van der Waals surface area contributed by atoms with Crippen LogP contribution in [-0.2, 0) is 20.5 Å². The number of epoxide rings is 1. The molecule has 1 fully saturated rings. The lowest BCUT2D eigenvalue weighted by atomic mass is 10.1. The van der Waals surface area contributed by atoms with Crippen LogP contribution in [0.5, 0.6) is 5.75 Å². The Bertz CT molecular complexity index is 642. The molecule has 27 heavy (non-hydrogen) atoms. The van der Waals surface area contributed by atoms with Crippen LogP contribution in [0.1, 0.15) is 39.7 Å². The van der Waals surface area contributed by atoms with Gasteiger partial charge in [0, 0.05) is 12.5 Å². The van der Waals surface area contributed by atoms with Crippen molar-refractivity contribution < 1.29 is 18.6 Å². The normalized spacial score (nSPS) is 22.0. The summed E-state index contributed by atoms with van der Waals surface area (Å²) in [6, 6.07) is 7.79. The van der Waals surface area contributed by atoms with Crippen LogP contribution in [0.4, 0.5) is 0 Å². The van der Waals surface area contributed by atoms with Gasteiger partial charge in [-0.15, -0.1) is 6.42 Å². The topological polar surface area (TPSA) is 40.2 Å². The van der Waals surface area contributed by atoms with E-state index >= 15 is 0 Å². The van der Waals surface area contributed by atoms with E-state index in [1.54, 1.807) is 7.11 Å². The Balaban J connectivity index is 1.80. The molecular weight excluding hydrogens is 356 g/mol. The lowest BCUT2D eigenvalue weighted by Crippen LogP contribution is -2.43. The van der Waals surface area contributed by atoms with Crippen molar-refractivity contribution in [1.29, 1.82) is 0 Å². The van der Waals surface area contributed by atoms with Gasteiger partial charge in [-0.1, -0.05) is 38.8 Å². The zero-order chi connectivity index (χ0) is 20.2. The molecule has 1 aliphatic rings. The number of rotatable bonds is 9. The van der Waals surface area contributed by atoms with Gasteiger partial charge in [0.25, 0.3) is 0 Å². The third-order valence-electron chi connectivity index (χ3n) is 5.54. The third kappa shape index (κ3) is 6.08. The first-order valence-electron chi connectivity index (χ1n) is 9.61. The fourth-order valence-corrected chi connectivity index (χ4v) is 4.27. The Morgan fingerprint density at radius 3 is 2.37 bits per heavy atom. The smallest absolute Gasteiger partial charge is 0.192 e. The minimum Gasteiger partial charge on any atom is -0.497 e. The molecule has 150 valence electrons. The van der Waals surface area contributed by atoms with E-state index in [4.69, 9.17) is 25.1 Å². The standard InChI is InChI=1S/C22H34O4Si/c1-9-19(24-15-17-10-12-18(23-6)13-11-17)21-20(25-21)14-16(2)26-27(7,8)22(3,4)5/h1,10-13,16,19-21H,14-15H2,2-8H3/t16-,19?,20+,21+/m0/s1. The maximum absolute atomic E-state index is 6.42. The monoisotopic (exact) mass is 390 g/mol. The largest absolute Gasteiger partial charge is 0.497 e. The van der Waals surface area contributed by atoms with Gasteiger partial charge in [-0.05, 0) is 42.8 Å². The highest BCUT2D eigenvalue weighted by molar-refractivity contribution is 6.74. The van der Waals surface area contributed by atoms with Crippen LogP contribution >= 0.6 is 0 Å². The van der Waals surface area contributed by atoms with Crippen LogP contribution in [-0.4, -0.2) is 39.8 Å². The van der Waals surface area contributed by atoms with Gasteiger partial charge in [-0.25, -0.2) is 0 Å². The van der Waals surface area contributed by atoms with Gasteiger partial charge in [0.05, 0.1) is 19.8 Å². The SMILES string of the molecule is C#CC(OCc1ccc(OC)cc1)[C@H]1O[C@@H]1C[C@H](C)O[Si](C)(C)C(C)(C)C. The lowest BCUT2D eigenvalue weighted by Gasteiger charge is -2.38. The molecule has 0 saturated carbocycles. The molecule has 5 heteroatoms. The molecule has 1 aliphatic heterocycles. The molecule has 1 saturated heterocycles. The van der Waals surface area contributed by atoms with Crippen LogP contribution in [0.3, 0.4) is 0 Å².